The fourth-order valence-corrected chi connectivity index (χ4v) is 4.25. The summed E-state index contributed by atoms with van der Waals surface area (Å²) in [5, 5.41) is 17.0. The summed E-state index contributed by atoms with van der Waals surface area (Å²) in [5.74, 6) is -2.28. The number of carbonyl (C=O) groups excluding carboxylic acids is 2. The van der Waals surface area contributed by atoms with Crippen molar-refractivity contribution in [1.29, 1.82) is 5.26 Å². The minimum atomic E-state index is -1.14. The molecular formula is C25H23N5O3S. The first-order chi connectivity index (χ1) is 16.3. The van der Waals surface area contributed by atoms with Crippen LogP contribution in [0.4, 0.5) is 5.69 Å². The minimum absolute atomic E-state index is 0.0597. The lowest BCUT2D eigenvalue weighted by molar-refractivity contribution is -0.123. The van der Waals surface area contributed by atoms with E-state index >= 15 is 0 Å². The van der Waals surface area contributed by atoms with Crippen molar-refractivity contribution in [2.24, 2.45) is 5.92 Å². The Morgan fingerprint density at radius 1 is 1.24 bits per heavy atom. The number of hydrogen-bond donors (Lipinski definition) is 1. The first-order valence-corrected chi connectivity index (χ1v) is 11.2. The molecule has 1 N–H and O–H groups in total. The van der Waals surface area contributed by atoms with E-state index < -0.39 is 24.0 Å². The highest BCUT2D eigenvalue weighted by atomic mass is 32.1. The topological polar surface area (TPSA) is 100 Å². The Hall–Kier alpha value is -4.03. The molecule has 34 heavy (non-hydrogen) atoms. The maximum absolute atomic E-state index is 12.9. The van der Waals surface area contributed by atoms with Crippen LogP contribution < -0.4 is 10.2 Å². The van der Waals surface area contributed by atoms with Crippen LogP contribution in [0.3, 0.4) is 0 Å². The standard InChI is InChI=1S/C25H23N5O3S/c1-4-33-25(32)21-19(14-29(28-21)17-8-6-5-7-9-17)22-27-23(31)18(13-26)24(34)30(22)20-12-15(2)10-11-16(20)3/h5-12,14,18,22H,4H2,1-3H3,(H,27,31)/t18-,22-/m0/s1. The Kier molecular flexibility index (Phi) is 6.43. The van der Waals surface area contributed by atoms with E-state index in [4.69, 9.17) is 17.0 Å². The molecule has 3 aromatic rings. The fraction of sp³-hybridized carbons (Fsp3) is 0.240. The number of nitrogens with one attached hydrogen (secondary N) is 1. The van der Waals surface area contributed by atoms with Crippen LogP contribution in [-0.2, 0) is 9.53 Å². The number of para-hydroxylation sites is 1. The first-order valence-electron chi connectivity index (χ1n) is 10.8. The summed E-state index contributed by atoms with van der Waals surface area (Å²) >= 11 is 5.65. The molecule has 0 spiro atoms. The van der Waals surface area contributed by atoms with Gasteiger partial charge in [-0.3, -0.25) is 4.79 Å². The van der Waals surface area contributed by atoms with Crippen molar-refractivity contribution in [1.82, 2.24) is 15.1 Å². The van der Waals surface area contributed by atoms with Crippen molar-refractivity contribution in [2.75, 3.05) is 11.5 Å². The van der Waals surface area contributed by atoms with Gasteiger partial charge < -0.3 is 15.0 Å². The molecule has 8 nitrogen and oxygen atoms in total. The van der Waals surface area contributed by atoms with Crippen molar-refractivity contribution < 1.29 is 14.3 Å². The van der Waals surface area contributed by atoms with Gasteiger partial charge in [0.1, 0.15) is 11.2 Å². The summed E-state index contributed by atoms with van der Waals surface area (Å²) in [4.78, 5) is 27.6. The van der Waals surface area contributed by atoms with E-state index in [1.54, 1.807) is 22.7 Å². The monoisotopic (exact) mass is 473 g/mol. The lowest BCUT2D eigenvalue weighted by Crippen LogP contribution is -2.56. The van der Waals surface area contributed by atoms with Crippen LogP contribution in [0, 0.1) is 31.1 Å². The van der Waals surface area contributed by atoms with E-state index in [2.05, 4.69) is 10.4 Å². The maximum atomic E-state index is 12.9. The van der Waals surface area contributed by atoms with Crippen LogP contribution >= 0.6 is 12.2 Å². The van der Waals surface area contributed by atoms with Gasteiger partial charge in [-0.1, -0.05) is 42.5 Å². The molecular weight excluding hydrogens is 450 g/mol. The zero-order valence-electron chi connectivity index (χ0n) is 19.0. The van der Waals surface area contributed by atoms with Crippen LogP contribution in [0.5, 0.6) is 0 Å². The van der Waals surface area contributed by atoms with Crippen LogP contribution in [0.25, 0.3) is 5.69 Å². The van der Waals surface area contributed by atoms with Gasteiger partial charge in [0.05, 0.1) is 18.4 Å². The van der Waals surface area contributed by atoms with Gasteiger partial charge in [0, 0.05) is 17.4 Å². The average Bonchev–Trinajstić information content (AvgIpc) is 3.27. The SMILES string of the molecule is CCOC(=O)c1nn(-c2ccccc2)cc1[C@H]1NC(=O)[C@H](C#N)C(=S)N1c1cc(C)ccc1C. The predicted octanol–water partition coefficient (Wildman–Crippen LogP) is 3.77. The van der Waals surface area contributed by atoms with Crippen molar-refractivity contribution >= 4 is 34.8 Å². The molecule has 2 aromatic carbocycles. The van der Waals surface area contributed by atoms with E-state index in [0.717, 1.165) is 22.5 Å². The minimum Gasteiger partial charge on any atom is -0.461 e. The summed E-state index contributed by atoms with van der Waals surface area (Å²) in [6, 6.07) is 17.1. The summed E-state index contributed by atoms with van der Waals surface area (Å²) < 4.78 is 6.82. The molecule has 9 heteroatoms. The molecule has 0 bridgehead atoms. The summed E-state index contributed by atoms with van der Waals surface area (Å²) in [6.07, 6.45) is 0.821. The summed E-state index contributed by atoms with van der Waals surface area (Å²) in [5.41, 5.74) is 3.83. The Morgan fingerprint density at radius 3 is 2.65 bits per heavy atom. The molecule has 2 atom stereocenters. The number of nitrogens with zero attached hydrogens (tertiary/aromatic N) is 4. The summed E-state index contributed by atoms with van der Waals surface area (Å²) in [6.45, 7) is 5.75. The van der Waals surface area contributed by atoms with Gasteiger partial charge in [-0.05, 0) is 50.1 Å². The zero-order chi connectivity index (χ0) is 24.4. The van der Waals surface area contributed by atoms with Gasteiger partial charge in [-0.15, -0.1) is 0 Å². The third kappa shape index (κ3) is 4.16. The second-order valence-electron chi connectivity index (χ2n) is 7.91. The molecule has 1 aliphatic heterocycles. The highest BCUT2D eigenvalue weighted by Gasteiger charge is 2.42. The first kappa shape index (κ1) is 23.1. The Balaban J connectivity index is 1.92. The Labute approximate surface area is 202 Å². The van der Waals surface area contributed by atoms with E-state index in [9.17, 15) is 14.9 Å². The van der Waals surface area contributed by atoms with E-state index in [1.807, 2.05) is 68.4 Å². The third-order valence-electron chi connectivity index (χ3n) is 5.56. The second kappa shape index (κ2) is 9.45. The number of aromatic nitrogens is 2. The predicted molar refractivity (Wildman–Crippen MR) is 131 cm³/mol. The molecule has 0 aliphatic carbocycles. The number of nitriles is 1. The largest absolute Gasteiger partial charge is 0.461 e. The van der Waals surface area contributed by atoms with Crippen molar-refractivity contribution in [2.45, 2.75) is 26.9 Å². The van der Waals surface area contributed by atoms with Crippen molar-refractivity contribution in [3.8, 4) is 11.8 Å². The van der Waals surface area contributed by atoms with Gasteiger partial charge >= 0.3 is 5.97 Å². The molecule has 2 heterocycles. The third-order valence-corrected chi connectivity index (χ3v) is 6.00. The molecule has 0 radical (unpaired) electrons. The number of carbonyl (C=O) groups is 2. The number of aryl methyl sites for hydroxylation is 2. The van der Waals surface area contributed by atoms with Gasteiger partial charge in [0.2, 0.25) is 5.91 Å². The molecule has 4 rings (SSSR count). The molecule has 172 valence electrons. The molecule has 0 saturated carbocycles. The van der Waals surface area contributed by atoms with E-state index in [-0.39, 0.29) is 17.3 Å². The second-order valence-corrected chi connectivity index (χ2v) is 8.32. The number of esters is 1. The van der Waals surface area contributed by atoms with E-state index in [1.165, 1.54) is 0 Å². The molecule has 1 aliphatic rings. The summed E-state index contributed by atoms with van der Waals surface area (Å²) in [7, 11) is 0. The van der Waals surface area contributed by atoms with Gasteiger partial charge in [-0.25, -0.2) is 9.48 Å². The number of ether oxygens (including phenoxy) is 1. The maximum Gasteiger partial charge on any atom is 0.359 e. The number of hydrogen-bond acceptors (Lipinski definition) is 6. The van der Waals surface area contributed by atoms with Crippen LogP contribution in [0.1, 0.15) is 40.3 Å². The Morgan fingerprint density at radius 2 is 1.97 bits per heavy atom. The number of anilines is 1. The normalized spacial score (nSPS) is 17.8. The molecule has 0 unspecified atom stereocenters. The Bertz CT molecular complexity index is 1310. The van der Waals surface area contributed by atoms with Crippen molar-refractivity contribution in [3.63, 3.8) is 0 Å². The fourth-order valence-electron chi connectivity index (χ4n) is 3.89. The lowest BCUT2D eigenvalue weighted by Gasteiger charge is -2.40. The van der Waals surface area contributed by atoms with Gasteiger partial charge in [0.15, 0.2) is 11.6 Å². The number of thiocarbonyl (C=S) groups is 1. The highest BCUT2D eigenvalue weighted by molar-refractivity contribution is 7.80. The van der Waals surface area contributed by atoms with Gasteiger partial charge in [0.25, 0.3) is 0 Å². The number of amides is 1. The van der Waals surface area contributed by atoms with Crippen LogP contribution in [0.2, 0.25) is 0 Å². The van der Waals surface area contributed by atoms with Crippen LogP contribution in [0.15, 0.2) is 54.7 Å². The average molecular weight is 474 g/mol. The molecule has 1 saturated heterocycles. The van der Waals surface area contributed by atoms with E-state index in [0.29, 0.717) is 5.56 Å². The quantitative estimate of drug-likeness (QED) is 0.445. The highest BCUT2D eigenvalue weighted by Crippen LogP contribution is 2.35. The number of rotatable bonds is 5. The molecule has 1 fully saturated rings. The number of benzene rings is 2. The van der Waals surface area contributed by atoms with Gasteiger partial charge in [-0.2, -0.15) is 10.4 Å². The zero-order valence-corrected chi connectivity index (χ0v) is 19.8. The smallest absolute Gasteiger partial charge is 0.359 e. The lowest BCUT2D eigenvalue weighted by atomic mass is 9.99. The molecule has 1 aromatic heterocycles. The van der Waals surface area contributed by atoms with Crippen molar-refractivity contribution in [3.05, 3.63) is 77.1 Å². The van der Waals surface area contributed by atoms with Crippen LogP contribution in [-0.4, -0.2) is 33.3 Å². The molecule has 1 amide bonds.